The van der Waals surface area contributed by atoms with Gasteiger partial charge in [0, 0.05) is 13.6 Å². The molecule has 0 heterocycles. The molecule has 0 spiro atoms. The van der Waals surface area contributed by atoms with Crippen molar-refractivity contribution in [3.63, 3.8) is 0 Å². The van der Waals surface area contributed by atoms with Gasteiger partial charge in [-0.05, 0) is 36.2 Å². The lowest BCUT2D eigenvalue weighted by Gasteiger charge is -2.19. The van der Waals surface area contributed by atoms with Gasteiger partial charge in [0.05, 0.1) is 12.8 Å². The van der Waals surface area contributed by atoms with Gasteiger partial charge in [0.1, 0.15) is 11.6 Å². The van der Waals surface area contributed by atoms with Gasteiger partial charge < -0.3 is 9.64 Å². The molecule has 2 aromatic carbocycles. The zero-order chi connectivity index (χ0) is 13.7. The summed E-state index contributed by atoms with van der Waals surface area (Å²) in [5.74, 6) is 0.668. The SMILES string of the molecule is COc1cccc(CCN(C)c2ccccc2F)c1. The van der Waals surface area contributed by atoms with Gasteiger partial charge in [0.2, 0.25) is 0 Å². The van der Waals surface area contributed by atoms with Gasteiger partial charge >= 0.3 is 0 Å². The Labute approximate surface area is 113 Å². The number of rotatable bonds is 5. The second-order valence-electron chi connectivity index (χ2n) is 4.47. The Morgan fingerprint density at radius 3 is 2.63 bits per heavy atom. The third-order valence-electron chi connectivity index (χ3n) is 3.13. The molecular weight excluding hydrogens is 241 g/mol. The second kappa shape index (κ2) is 6.23. The van der Waals surface area contributed by atoms with E-state index in [2.05, 4.69) is 6.07 Å². The van der Waals surface area contributed by atoms with E-state index in [4.69, 9.17) is 4.74 Å². The highest BCUT2D eigenvalue weighted by molar-refractivity contribution is 5.46. The van der Waals surface area contributed by atoms with Crippen LogP contribution < -0.4 is 9.64 Å². The number of halogens is 1. The van der Waals surface area contributed by atoms with Crippen LogP contribution in [0.2, 0.25) is 0 Å². The van der Waals surface area contributed by atoms with E-state index >= 15 is 0 Å². The highest BCUT2D eigenvalue weighted by Crippen LogP contribution is 2.18. The first kappa shape index (κ1) is 13.4. The van der Waals surface area contributed by atoms with E-state index in [-0.39, 0.29) is 5.82 Å². The molecule has 2 aromatic rings. The molecule has 0 amide bonds. The predicted octanol–water partition coefficient (Wildman–Crippen LogP) is 3.51. The molecule has 100 valence electrons. The molecule has 2 nitrogen and oxygen atoms in total. The zero-order valence-electron chi connectivity index (χ0n) is 11.3. The number of anilines is 1. The van der Waals surface area contributed by atoms with Gasteiger partial charge in [-0.15, -0.1) is 0 Å². The molecule has 0 saturated carbocycles. The third-order valence-corrected chi connectivity index (χ3v) is 3.13. The van der Waals surface area contributed by atoms with Crippen LogP contribution in [0.3, 0.4) is 0 Å². The van der Waals surface area contributed by atoms with Crippen LogP contribution >= 0.6 is 0 Å². The molecule has 0 aliphatic carbocycles. The highest BCUT2D eigenvalue weighted by atomic mass is 19.1. The van der Waals surface area contributed by atoms with E-state index in [1.807, 2.05) is 36.2 Å². The Balaban J connectivity index is 2.00. The zero-order valence-corrected chi connectivity index (χ0v) is 11.3. The van der Waals surface area contributed by atoms with Crippen LogP contribution in [0.15, 0.2) is 48.5 Å². The minimum Gasteiger partial charge on any atom is -0.497 e. The maximum Gasteiger partial charge on any atom is 0.146 e. The van der Waals surface area contributed by atoms with E-state index in [0.717, 1.165) is 18.7 Å². The number of para-hydroxylation sites is 1. The van der Waals surface area contributed by atoms with Crippen molar-refractivity contribution < 1.29 is 9.13 Å². The van der Waals surface area contributed by atoms with Crippen molar-refractivity contribution in [3.05, 3.63) is 59.9 Å². The largest absolute Gasteiger partial charge is 0.497 e. The van der Waals surface area contributed by atoms with Crippen molar-refractivity contribution in [2.24, 2.45) is 0 Å². The van der Waals surface area contributed by atoms with Gasteiger partial charge in [-0.3, -0.25) is 0 Å². The Morgan fingerprint density at radius 2 is 1.89 bits per heavy atom. The summed E-state index contributed by atoms with van der Waals surface area (Å²) in [7, 11) is 3.56. The summed E-state index contributed by atoms with van der Waals surface area (Å²) in [5, 5.41) is 0. The summed E-state index contributed by atoms with van der Waals surface area (Å²) in [4.78, 5) is 1.93. The molecule has 0 aliphatic heterocycles. The number of methoxy groups -OCH3 is 1. The molecule has 0 radical (unpaired) electrons. The van der Waals surface area contributed by atoms with Gasteiger partial charge in [0.15, 0.2) is 0 Å². The molecule has 0 fully saturated rings. The van der Waals surface area contributed by atoms with Crippen LogP contribution in [-0.4, -0.2) is 20.7 Å². The number of ether oxygens (including phenoxy) is 1. The van der Waals surface area contributed by atoms with E-state index in [9.17, 15) is 4.39 Å². The number of nitrogens with zero attached hydrogens (tertiary/aromatic N) is 1. The van der Waals surface area contributed by atoms with Crippen molar-refractivity contribution in [3.8, 4) is 5.75 Å². The highest BCUT2D eigenvalue weighted by Gasteiger charge is 2.06. The lowest BCUT2D eigenvalue weighted by atomic mass is 10.1. The van der Waals surface area contributed by atoms with Crippen molar-refractivity contribution in [2.75, 3.05) is 25.6 Å². The molecule has 0 bridgehead atoms. The van der Waals surface area contributed by atoms with Crippen molar-refractivity contribution in [1.82, 2.24) is 0 Å². The number of hydrogen-bond donors (Lipinski definition) is 0. The van der Waals surface area contributed by atoms with Crippen molar-refractivity contribution >= 4 is 5.69 Å². The molecule has 3 heteroatoms. The van der Waals surface area contributed by atoms with E-state index < -0.39 is 0 Å². The average molecular weight is 259 g/mol. The fourth-order valence-corrected chi connectivity index (χ4v) is 2.01. The predicted molar refractivity (Wildman–Crippen MR) is 76.4 cm³/mol. The van der Waals surface area contributed by atoms with E-state index in [1.54, 1.807) is 19.2 Å². The number of benzene rings is 2. The fraction of sp³-hybridized carbons (Fsp3) is 0.250. The van der Waals surface area contributed by atoms with Crippen LogP contribution in [0.25, 0.3) is 0 Å². The van der Waals surface area contributed by atoms with Crippen LogP contribution in [-0.2, 0) is 6.42 Å². The first-order valence-electron chi connectivity index (χ1n) is 6.29. The minimum atomic E-state index is -0.185. The molecular formula is C16H18FNO. The standard InChI is InChI=1S/C16H18FNO/c1-18(16-9-4-3-8-15(16)17)11-10-13-6-5-7-14(12-13)19-2/h3-9,12H,10-11H2,1-2H3. The van der Waals surface area contributed by atoms with Gasteiger partial charge in [-0.1, -0.05) is 24.3 Å². The molecule has 0 saturated heterocycles. The van der Waals surface area contributed by atoms with Crippen LogP contribution in [0.5, 0.6) is 5.75 Å². The summed E-state index contributed by atoms with van der Waals surface area (Å²) in [5.41, 5.74) is 1.81. The normalized spacial score (nSPS) is 10.3. The second-order valence-corrected chi connectivity index (χ2v) is 4.47. The average Bonchev–Trinajstić information content (AvgIpc) is 2.45. The lowest BCUT2D eigenvalue weighted by Crippen LogP contribution is -2.21. The fourth-order valence-electron chi connectivity index (χ4n) is 2.01. The van der Waals surface area contributed by atoms with Gasteiger partial charge in [-0.2, -0.15) is 0 Å². The van der Waals surface area contributed by atoms with Gasteiger partial charge in [-0.25, -0.2) is 4.39 Å². The first-order chi connectivity index (χ1) is 9.20. The maximum atomic E-state index is 13.6. The number of likely N-dealkylation sites (N-methyl/N-ethyl adjacent to an activating group) is 1. The topological polar surface area (TPSA) is 12.5 Å². The molecule has 0 unspecified atom stereocenters. The Bertz CT molecular complexity index is 542. The van der Waals surface area contributed by atoms with Crippen molar-refractivity contribution in [1.29, 1.82) is 0 Å². The lowest BCUT2D eigenvalue weighted by molar-refractivity contribution is 0.414. The molecule has 0 N–H and O–H groups in total. The molecule has 2 rings (SSSR count). The maximum absolute atomic E-state index is 13.6. The summed E-state index contributed by atoms with van der Waals surface area (Å²) in [6.07, 6.45) is 0.849. The Morgan fingerprint density at radius 1 is 1.11 bits per heavy atom. The molecule has 19 heavy (non-hydrogen) atoms. The van der Waals surface area contributed by atoms with Crippen LogP contribution in [0, 0.1) is 5.82 Å². The Kier molecular flexibility index (Phi) is 4.39. The summed E-state index contributed by atoms with van der Waals surface area (Å²) >= 11 is 0. The summed E-state index contributed by atoms with van der Waals surface area (Å²) in [6.45, 7) is 0.758. The quantitative estimate of drug-likeness (QED) is 0.814. The molecule has 0 aromatic heterocycles. The third kappa shape index (κ3) is 3.47. The van der Waals surface area contributed by atoms with Crippen molar-refractivity contribution in [2.45, 2.75) is 6.42 Å². The van der Waals surface area contributed by atoms with Crippen LogP contribution in [0.1, 0.15) is 5.56 Å². The monoisotopic (exact) mass is 259 g/mol. The summed E-state index contributed by atoms with van der Waals surface area (Å²) in [6, 6.07) is 14.8. The van der Waals surface area contributed by atoms with Crippen LogP contribution in [0.4, 0.5) is 10.1 Å². The first-order valence-corrected chi connectivity index (χ1v) is 6.29. The smallest absolute Gasteiger partial charge is 0.146 e. The Hall–Kier alpha value is -2.03. The van der Waals surface area contributed by atoms with E-state index in [0.29, 0.717) is 5.69 Å². The van der Waals surface area contributed by atoms with E-state index in [1.165, 1.54) is 11.6 Å². The number of hydrogen-bond acceptors (Lipinski definition) is 2. The molecule has 0 aliphatic rings. The summed E-state index contributed by atoms with van der Waals surface area (Å²) < 4.78 is 18.8. The molecule has 0 atom stereocenters. The minimum absolute atomic E-state index is 0.185. The van der Waals surface area contributed by atoms with Gasteiger partial charge in [0.25, 0.3) is 0 Å².